The average Bonchev–Trinajstić information content (AvgIpc) is 2.30. The molecule has 1 rings (SSSR count). The normalized spacial score (nSPS) is 27.0. The molecule has 0 aromatic rings. The lowest BCUT2D eigenvalue weighted by Crippen LogP contribution is -2.59. The van der Waals surface area contributed by atoms with Crippen LogP contribution < -0.4 is 16.4 Å². The summed E-state index contributed by atoms with van der Waals surface area (Å²) in [6, 6.07) is -0.568. The number of hydrogen-bond donors (Lipinski definition) is 3. The molecule has 5 nitrogen and oxygen atoms in total. The lowest BCUT2D eigenvalue weighted by atomic mass is 9.62. The first-order valence-corrected chi connectivity index (χ1v) is 7.13. The van der Waals surface area contributed by atoms with Gasteiger partial charge in [0.05, 0.1) is 10.4 Å². The van der Waals surface area contributed by atoms with Gasteiger partial charge in [0.2, 0.25) is 11.8 Å². The smallest absolute Gasteiger partial charge is 0.242 e. The molecule has 0 aliphatic heterocycles. The highest BCUT2D eigenvalue weighted by Gasteiger charge is 2.51. The maximum atomic E-state index is 12.3. The molecule has 1 aliphatic rings. The van der Waals surface area contributed by atoms with Crippen molar-refractivity contribution in [3.63, 3.8) is 0 Å². The molecule has 0 radical (unpaired) electrons. The molecular weight excluding hydrogens is 262 g/mol. The summed E-state index contributed by atoms with van der Waals surface area (Å²) in [4.78, 5) is 24.2. The molecule has 19 heavy (non-hydrogen) atoms. The molecule has 1 aliphatic carbocycles. The van der Waals surface area contributed by atoms with Crippen LogP contribution in [0, 0.1) is 11.3 Å². The maximum Gasteiger partial charge on any atom is 0.242 e. The molecule has 1 fully saturated rings. The number of nitrogens with one attached hydrogen (secondary N) is 2. The first-order valence-electron chi connectivity index (χ1n) is 6.72. The Morgan fingerprint density at radius 1 is 1.47 bits per heavy atom. The van der Waals surface area contributed by atoms with Gasteiger partial charge >= 0.3 is 0 Å². The van der Waals surface area contributed by atoms with E-state index in [9.17, 15) is 9.59 Å². The Labute approximate surface area is 119 Å². The Bertz CT molecular complexity index is 378. The highest BCUT2D eigenvalue weighted by atomic mass is 32.1. The molecule has 1 unspecified atom stereocenters. The zero-order valence-corrected chi connectivity index (χ0v) is 12.6. The van der Waals surface area contributed by atoms with Gasteiger partial charge in [-0.3, -0.25) is 9.59 Å². The zero-order chi connectivity index (χ0) is 14.6. The van der Waals surface area contributed by atoms with Crippen LogP contribution in [-0.4, -0.2) is 29.4 Å². The third-order valence-corrected chi connectivity index (χ3v) is 3.98. The van der Waals surface area contributed by atoms with Gasteiger partial charge in [0, 0.05) is 6.54 Å². The van der Waals surface area contributed by atoms with Crippen LogP contribution in [0.3, 0.4) is 0 Å². The summed E-state index contributed by atoms with van der Waals surface area (Å²) >= 11 is 5.01. The van der Waals surface area contributed by atoms with Crippen molar-refractivity contribution in [1.29, 1.82) is 0 Å². The zero-order valence-electron chi connectivity index (χ0n) is 11.8. The van der Waals surface area contributed by atoms with E-state index in [-0.39, 0.29) is 16.8 Å². The van der Waals surface area contributed by atoms with E-state index in [1.807, 2.05) is 6.92 Å². The van der Waals surface area contributed by atoms with Crippen molar-refractivity contribution in [2.75, 3.05) is 6.54 Å². The van der Waals surface area contributed by atoms with Gasteiger partial charge in [-0.1, -0.05) is 26.1 Å². The standard InChI is InChI=1S/C13H23N3O2S/c1-4-5-15-10(17)9(3)16-12(18)13(11(14)19)6-8(2)7-13/h8-9H,4-7H2,1-3H3,(H2,14,19)(H,15,17)(H,16,18). The molecule has 4 N–H and O–H groups in total. The van der Waals surface area contributed by atoms with Gasteiger partial charge in [-0.15, -0.1) is 0 Å². The fourth-order valence-corrected chi connectivity index (χ4v) is 2.69. The van der Waals surface area contributed by atoms with Gasteiger partial charge in [0.15, 0.2) is 0 Å². The van der Waals surface area contributed by atoms with E-state index in [0.29, 0.717) is 25.3 Å². The summed E-state index contributed by atoms with van der Waals surface area (Å²) in [6.07, 6.45) is 2.19. The van der Waals surface area contributed by atoms with E-state index in [0.717, 1.165) is 6.42 Å². The van der Waals surface area contributed by atoms with Gasteiger partial charge in [-0.25, -0.2) is 0 Å². The van der Waals surface area contributed by atoms with Crippen LogP contribution >= 0.6 is 12.2 Å². The van der Waals surface area contributed by atoms with Gasteiger partial charge in [-0.05, 0) is 32.1 Å². The van der Waals surface area contributed by atoms with Crippen molar-refractivity contribution in [3.05, 3.63) is 0 Å². The van der Waals surface area contributed by atoms with Crippen molar-refractivity contribution in [2.45, 2.75) is 46.1 Å². The fraction of sp³-hybridized carbons (Fsp3) is 0.769. The van der Waals surface area contributed by atoms with Crippen molar-refractivity contribution in [1.82, 2.24) is 10.6 Å². The Balaban J connectivity index is 2.58. The summed E-state index contributed by atoms with van der Waals surface area (Å²) in [5, 5.41) is 5.46. The number of thiocarbonyl (C=S) groups is 1. The van der Waals surface area contributed by atoms with Crippen molar-refractivity contribution >= 4 is 29.0 Å². The number of nitrogens with two attached hydrogens (primary N) is 1. The second-order valence-corrected chi connectivity index (χ2v) is 5.89. The van der Waals surface area contributed by atoms with Gasteiger partial charge < -0.3 is 16.4 Å². The number of rotatable bonds is 6. The second-order valence-electron chi connectivity index (χ2n) is 5.45. The Kier molecular flexibility index (Phi) is 5.29. The Hall–Kier alpha value is -1.17. The number of amides is 2. The van der Waals surface area contributed by atoms with Gasteiger partial charge in [0.1, 0.15) is 6.04 Å². The maximum absolute atomic E-state index is 12.3. The first-order chi connectivity index (χ1) is 8.83. The number of carbonyl (C=O) groups excluding carboxylic acids is 2. The van der Waals surface area contributed by atoms with Crippen molar-refractivity contribution < 1.29 is 9.59 Å². The number of hydrogen-bond acceptors (Lipinski definition) is 3. The lowest BCUT2D eigenvalue weighted by Gasteiger charge is -2.44. The molecule has 1 atom stereocenters. The summed E-state index contributed by atoms with van der Waals surface area (Å²) in [6.45, 7) is 6.30. The summed E-state index contributed by atoms with van der Waals surface area (Å²) in [7, 11) is 0. The SMILES string of the molecule is CCCNC(=O)C(C)NC(=O)C1(C(N)=S)CC(C)C1. The minimum absolute atomic E-state index is 0.180. The highest BCUT2D eigenvalue weighted by Crippen LogP contribution is 2.46. The third kappa shape index (κ3) is 3.43. The number of carbonyl (C=O) groups is 2. The van der Waals surface area contributed by atoms with Crippen LogP contribution in [0.5, 0.6) is 0 Å². The molecule has 0 aromatic heterocycles. The molecule has 0 spiro atoms. The van der Waals surface area contributed by atoms with Gasteiger partial charge in [0.25, 0.3) is 0 Å². The van der Waals surface area contributed by atoms with Crippen LogP contribution in [-0.2, 0) is 9.59 Å². The monoisotopic (exact) mass is 285 g/mol. The highest BCUT2D eigenvalue weighted by molar-refractivity contribution is 7.80. The van der Waals surface area contributed by atoms with E-state index >= 15 is 0 Å². The summed E-state index contributed by atoms with van der Waals surface area (Å²) in [5.74, 6) is 0.0365. The molecule has 2 amide bonds. The third-order valence-electron chi connectivity index (χ3n) is 3.59. The Morgan fingerprint density at radius 3 is 2.47 bits per heavy atom. The molecule has 108 valence electrons. The molecule has 0 bridgehead atoms. The van der Waals surface area contributed by atoms with E-state index in [1.54, 1.807) is 6.92 Å². The largest absolute Gasteiger partial charge is 0.392 e. The minimum atomic E-state index is -0.756. The molecule has 0 heterocycles. The summed E-state index contributed by atoms with van der Waals surface area (Å²) in [5.41, 5.74) is 4.94. The van der Waals surface area contributed by atoms with E-state index in [1.165, 1.54) is 0 Å². The predicted octanol–water partition coefficient (Wildman–Crippen LogP) is 0.720. The van der Waals surface area contributed by atoms with E-state index < -0.39 is 11.5 Å². The second kappa shape index (κ2) is 6.32. The van der Waals surface area contributed by atoms with Crippen molar-refractivity contribution in [3.8, 4) is 0 Å². The average molecular weight is 285 g/mol. The molecule has 0 aromatic carbocycles. The predicted molar refractivity (Wildman–Crippen MR) is 78.5 cm³/mol. The van der Waals surface area contributed by atoms with Crippen molar-refractivity contribution in [2.24, 2.45) is 17.1 Å². The molecule has 0 saturated heterocycles. The van der Waals surface area contributed by atoms with Crippen LogP contribution in [0.2, 0.25) is 0 Å². The quantitative estimate of drug-likeness (QED) is 0.628. The Morgan fingerprint density at radius 2 is 2.05 bits per heavy atom. The molecule has 1 saturated carbocycles. The minimum Gasteiger partial charge on any atom is -0.392 e. The summed E-state index contributed by atoms with van der Waals surface area (Å²) < 4.78 is 0. The molecule has 6 heteroatoms. The topological polar surface area (TPSA) is 84.2 Å². The van der Waals surface area contributed by atoms with E-state index in [2.05, 4.69) is 17.6 Å². The first kappa shape index (κ1) is 15.9. The van der Waals surface area contributed by atoms with E-state index in [4.69, 9.17) is 18.0 Å². The molecular formula is C13H23N3O2S. The van der Waals surface area contributed by atoms with Crippen LogP contribution in [0.1, 0.15) is 40.0 Å². The van der Waals surface area contributed by atoms with Gasteiger partial charge in [-0.2, -0.15) is 0 Å². The van der Waals surface area contributed by atoms with Crippen LogP contribution in [0.25, 0.3) is 0 Å². The fourth-order valence-electron chi connectivity index (χ4n) is 2.43. The van der Waals surface area contributed by atoms with Crippen LogP contribution in [0.4, 0.5) is 0 Å². The van der Waals surface area contributed by atoms with Crippen LogP contribution in [0.15, 0.2) is 0 Å². The lowest BCUT2D eigenvalue weighted by molar-refractivity contribution is -0.136.